The lowest BCUT2D eigenvalue weighted by molar-refractivity contribution is 0.0737. The second-order valence-electron chi connectivity index (χ2n) is 4.62. The molecule has 1 heterocycles. The number of hydrogen-bond acceptors (Lipinski definition) is 4. The molecule has 106 valence electrons. The van der Waals surface area contributed by atoms with Crippen LogP contribution in [-0.2, 0) is 0 Å². The van der Waals surface area contributed by atoms with Crippen molar-refractivity contribution in [3.05, 3.63) is 45.9 Å². The van der Waals surface area contributed by atoms with E-state index in [1.807, 2.05) is 38.1 Å². The van der Waals surface area contributed by atoms with Crippen LogP contribution in [0, 0.1) is 6.92 Å². The van der Waals surface area contributed by atoms with Crippen LogP contribution in [0.2, 0.25) is 0 Å². The Bertz CT molecular complexity index is 592. The molecule has 0 radical (unpaired) electrons. The highest BCUT2D eigenvalue weighted by Gasteiger charge is 2.20. The van der Waals surface area contributed by atoms with Crippen molar-refractivity contribution in [3.63, 3.8) is 0 Å². The summed E-state index contributed by atoms with van der Waals surface area (Å²) < 4.78 is 5.14. The van der Waals surface area contributed by atoms with E-state index < -0.39 is 0 Å². The summed E-state index contributed by atoms with van der Waals surface area (Å²) in [7, 11) is 3.44. The number of aromatic nitrogens is 1. The molecule has 1 aromatic heterocycles. The minimum absolute atomic E-state index is 0.0181. The second-order valence-corrected chi connectivity index (χ2v) is 5.68. The molecule has 0 bridgehead atoms. The van der Waals surface area contributed by atoms with Gasteiger partial charge in [-0.15, -0.1) is 11.3 Å². The number of nitrogens with zero attached hydrogens (tertiary/aromatic N) is 2. The van der Waals surface area contributed by atoms with Gasteiger partial charge in [-0.1, -0.05) is 12.1 Å². The fraction of sp³-hybridized carbons (Fsp3) is 0.333. The molecule has 2 aromatic rings. The van der Waals surface area contributed by atoms with Gasteiger partial charge >= 0.3 is 0 Å². The number of methoxy groups -OCH3 is 1. The van der Waals surface area contributed by atoms with Crippen molar-refractivity contribution in [2.45, 2.75) is 19.9 Å². The van der Waals surface area contributed by atoms with Crippen LogP contribution in [0.25, 0.3) is 0 Å². The zero-order valence-corrected chi connectivity index (χ0v) is 12.9. The molecule has 2 rings (SSSR count). The van der Waals surface area contributed by atoms with Crippen LogP contribution < -0.4 is 4.74 Å². The standard InChI is InChI=1S/C15H18N2O2S/c1-10(12-5-7-13(19-4)8-6-12)17(3)15(18)14-9-20-11(2)16-14/h5-10H,1-4H3. The van der Waals surface area contributed by atoms with Gasteiger partial charge in [0, 0.05) is 12.4 Å². The number of rotatable bonds is 4. The Morgan fingerprint density at radius 2 is 2.00 bits per heavy atom. The summed E-state index contributed by atoms with van der Waals surface area (Å²) in [6.45, 7) is 3.90. The zero-order chi connectivity index (χ0) is 14.7. The maximum atomic E-state index is 12.3. The fourth-order valence-electron chi connectivity index (χ4n) is 1.92. The molecule has 4 nitrogen and oxygen atoms in total. The van der Waals surface area contributed by atoms with E-state index >= 15 is 0 Å². The summed E-state index contributed by atoms with van der Waals surface area (Å²) in [6, 6.07) is 7.73. The topological polar surface area (TPSA) is 42.4 Å². The fourth-order valence-corrected chi connectivity index (χ4v) is 2.51. The number of thiazole rings is 1. The predicted molar refractivity (Wildman–Crippen MR) is 80.4 cm³/mol. The van der Waals surface area contributed by atoms with Gasteiger partial charge in [-0.05, 0) is 31.5 Å². The molecule has 5 heteroatoms. The lowest BCUT2D eigenvalue weighted by Gasteiger charge is -2.24. The number of aryl methyl sites for hydroxylation is 1. The van der Waals surface area contributed by atoms with Crippen LogP contribution in [0.15, 0.2) is 29.6 Å². The van der Waals surface area contributed by atoms with E-state index in [4.69, 9.17) is 4.74 Å². The maximum absolute atomic E-state index is 12.3. The zero-order valence-electron chi connectivity index (χ0n) is 12.1. The van der Waals surface area contributed by atoms with Gasteiger partial charge < -0.3 is 9.64 Å². The molecule has 0 aliphatic carbocycles. The molecule has 1 aromatic carbocycles. The lowest BCUT2D eigenvalue weighted by Crippen LogP contribution is -2.29. The normalized spacial score (nSPS) is 12.0. The predicted octanol–water partition coefficient (Wildman–Crippen LogP) is 3.29. The van der Waals surface area contributed by atoms with Crippen LogP contribution in [0.4, 0.5) is 0 Å². The van der Waals surface area contributed by atoms with Crippen molar-refractivity contribution >= 4 is 17.2 Å². The van der Waals surface area contributed by atoms with Gasteiger partial charge in [0.1, 0.15) is 11.4 Å². The summed E-state index contributed by atoms with van der Waals surface area (Å²) in [5, 5.41) is 2.70. The average molecular weight is 290 g/mol. The molecule has 0 aliphatic rings. The first-order chi connectivity index (χ1) is 9.52. The third-order valence-electron chi connectivity index (χ3n) is 3.34. The minimum atomic E-state index is -0.0577. The summed E-state index contributed by atoms with van der Waals surface area (Å²) in [4.78, 5) is 18.3. The van der Waals surface area contributed by atoms with Gasteiger partial charge in [0.25, 0.3) is 5.91 Å². The van der Waals surface area contributed by atoms with E-state index in [0.29, 0.717) is 5.69 Å². The molecule has 0 fully saturated rings. The Hall–Kier alpha value is -1.88. The largest absolute Gasteiger partial charge is 0.497 e. The van der Waals surface area contributed by atoms with E-state index in [2.05, 4.69) is 4.98 Å². The molecule has 0 saturated carbocycles. The third kappa shape index (κ3) is 2.99. The number of benzene rings is 1. The highest BCUT2D eigenvalue weighted by Crippen LogP contribution is 2.23. The maximum Gasteiger partial charge on any atom is 0.273 e. The van der Waals surface area contributed by atoms with Crippen LogP contribution in [0.3, 0.4) is 0 Å². The number of carbonyl (C=O) groups is 1. The summed E-state index contributed by atoms with van der Waals surface area (Å²) in [5.41, 5.74) is 1.57. The van der Waals surface area contributed by atoms with E-state index in [1.54, 1.807) is 24.4 Å². The Morgan fingerprint density at radius 1 is 1.35 bits per heavy atom. The third-order valence-corrected chi connectivity index (χ3v) is 4.11. The van der Waals surface area contributed by atoms with Crippen LogP contribution >= 0.6 is 11.3 Å². The number of carbonyl (C=O) groups excluding carboxylic acids is 1. The van der Waals surface area contributed by atoms with Crippen LogP contribution in [0.5, 0.6) is 5.75 Å². The Labute approximate surface area is 123 Å². The van der Waals surface area contributed by atoms with Crippen molar-refractivity contribution < 1.29 is 9.53 Å². The lowest BCUT2D eigenvalue weighted by atomic mass is 10.1. The Morgan fingerprint density at radius 3 is 2.50 bits per heavy atom. The van der Waals surface area contributed by atoms with Gasteiger partial charge in [0.2, 0.25) is 0 Å². The van der Waals surface area contributed by atoms with E-state index in [-0.39, 0.29) is 11.9 Å². The second kappa shape index (κ2) is 6.05. The Balaban J connectivity index is 2.14. The SMILES string of the molecule is COc1ccc(C(C)N(C)C(=O)c2csc(C)n2)cc1. The van der Waals surface area contributed by atoms with Gasteiger partial charge in [-0.25, -0.2) is 4.98 Å². The minimum Gasteiger partial charge on any atom is -0.497 e. The van der Waals surface area contributed by atoms with Gasteiger partial charge in [0.15, 0.2) is 0 Å². The molecule has 0 spiro atoms. The number of amides is 1. The van der Waals surface area contributed by atoms with Gasteiger partial charge in [-0.2, -0.15) is 0 Å². The molecule has 0 aliphatic heterocycles. The first-order valence-electron chi connectivity index (χ1n) is 6.36. The average Bonchev–Trinajstić information content (AvgIpc) is 2.91. The monoisotopic (exact) mass is 290 g/mol. The summed E-state index contributed by atoms with van der Waals surface area (Å²) >= 11 is 1.49. The van der Waals surface area contributed by atoms with Crippen molar-refractivity contribution in [2.24, 2.45) is 0 Å². The summed E-state index contributed by atoms with van der Waals surface area (Å²) in [5.74, 6) is 0.753. The highest BCUT2D eigenvalue weighted by molar-refractivity contribution is 7.09. The first kappa shape index (κ1) is 14.5. The molecule has 1 unspecified atom stereocenters. The molecule has 20 heavy (non-hydrogen) atoms. The van der Waals surface area contributed by atoms with Gasteiger partial charge in [0.05, 0.1) is 18.2 Å². The van der Waals surface area contributed by atoms with Crippen LogP contribution in [0.1, 0.15) is 34.0 Å². The van der Waals surface area contributed by atoms with Crippen LogP contribution in [-0.4, -0.2) is 29.9 Å². The van der Waals surface area contributed by atoms with Crippen molar-refractivity contribution in [1.29, 1.82) is 0 Å². The quantitative estimate of drug-likeness (QED) is 0.867. The number of hydrogen-bond donors (Lipinski definition) is 0. The van der Waals surface area contributed by atoms with E-state index in [9.17, 15) is 4.79 Å². The molecule has 0 N–H and O–H groups in total. The van der Waals surface area contributed by atoms with Crippen molar-refractivity contribution in [3.8, 4) is 5.75 Å². The molecular formula is C15H18N2O2S. The molecule has 1 atom stereocenters. The molecular weight excluding hydrogens is 272 g/mol. The molecule has 0 saturated heterocycles. The smallest absolute Gasteiger partial charge is 0.273 e. The molecule has 1 amide bonds. The number of ether oxygens (including phenoxy) is 1. The Kier molecular flexibility index (Phi) is 4.39. The van der Waals surface area contributed by atoms with Crippen molar-refractivity contribution in [1.82, 2.24) is 9.88 Å². The van der Waals surface area contributed by atoms with Crippen molar-refractivity contribution in [2.75, 3.05) is 14.2 Å². The van der Waals surface area contributed by atoms with E-state index in [0.717, 1.165) is 16.3 Å². The summed E-state index contributed by atoms with van der Waals surface area (Å²) in [6.07, 6.45) is 0. The highest BCUT2D eigenvalue weighted by atomic mass is 32.1. The first-order valence-corrected chi connectivity index (χ1v) is 7.24. The van der Waals surface area contributed by atoms with E-state index in [1.165, 1.54) is 11.3 Å². The van der Waals surface area contributed by atoms with Gasteiger partial charge in [-0.3, -0.25) is 4.79 Å².